The third-order valence-electron chi connectivity index (χ3n) is 3.48. The summed E-state index contributed by atoms with van der Waals surface area (Å²) in [5.41, 5.74) is 0. The Morgan fingerprint density at radius 2 is 2.00 bits per heavy atom. The highest BCUT2D eigenvalue weighted by molar-refractivity contribution is 7.99. The molecule has 17 heavy (non-hydrogen) atoms. The number of thioether (sulfide) groups is 1. The van der Waals surface area contributed by atoms with E-state index in [1.54, 1.807) is 0 Å². The molecule has 2 rings (SSSR count). The Morgan fingerprint density at radius 3 is 2.71 bits per heavy atom. The van der Waals surface area contributed by atoms with Crippen molar-refractivity contribution in [2.75, 3.05) is 7.05 Å². The Labute approximate surface area is 109 Å². The molecule has 2 nitrogen and oxygen atoms in total. The average molecular weight is 250 g/mol. The molecule has 1 fully saturated rings. The molecular weight excluding hydrogens is 228 g/mol. The lowest BCUT2D eigenvalue weighted by Crippen LogP contribution is -2.36. The fourth-order valence-electron chi connectivity index (χ4n) is 2.49. The van der Waals surface area contributed by atoms with E-state index in [-0.39, 0.29) is 0 Å². The van der Waals surface area contributed by atoms with Crippen molar-refractivity contribution in [3.05, 3.63) is 24.4 Å². The SMILES string of the molecule is CNC1CCCCCCC1Sc1ccccn1. The van der Waals surface area contributed by atoms with Crippen LogP contribution in [0.1, 0.15) is 38.5 Å². The van der Waals surface area contributed by atoms with Gasteiger partial charge < -0.3 is 5.32 Å². The number of rotatable bonds is 3. The standard InChI is InChI=1S/C14H22N2S/c1-15-12-8-4-2-3-5-9-13(12)17-14-10-6-7-11-16-14/h6-7,10-13,15H,2-5,8-9H2,1H3. The maximum absolute atomic E-state index is 4.43. The molecule has 1 aromatic rings. The van der Waals surface area contributed by atoms with Crippen LogP contribution in [0.2, 0.25) is 0 Å². The molecule has 0 amide bonds. The quantitative estimate of drug-likeness (QED) is 0.889. The second kappa shape index (κ2) is 7.02. The van der Waals surface area contributed by atoms with Gasteiger partial charge in [-0.05, 0) is 32.0 Å². The summed E-state index contributed by atoms with van der Waals surface area (Å²) in [5, 5.41) is 5.33. The van der Waals surface area contributed by atoms with Gasteiger partial charge in [-0.3, -0.25) is 0 Å². The van der Waals surface area contributed by atoms with Gasteiger partial charge in [0.05, 0.1) is 5.03 Å². The monoisotopic (exact) mass is 250 g/mol. The molecule has 1 N–H and O–H groups in total. The largest absolute Gasteiger partial charge is 0.316 e. The van der Waals surface area contributed by atoms with Gasteiger partial charge in [-0.2, -0.15) is 0 Å². The van der Waals surface area contributed by atoms with Gasteiger partial charge in [0, 0.05) is 17.5 Å². The highest BCUT2D eigenvalue weighted by Crippen LogP contribution is 2.31. The van der Waals surface area contributed by atoms with Crippen LogP contribution in [0.25, 0.3) is 0 Å². The molecule has 94 valence electrons. The summed E-state index contributed by atoms with van der Waals surface area (Å²) < 4.78 is 0. The number of nitrogens with zero attached hydrogens (tertiary/aromatic N) is 1. The van der Waals surface area contributed by atoms with Crippen LogP contribution >= 0.6 is 11.8 Å². The maximum atomic E-state index is 4.43. The second-order valence-corrected chi connectivity index (χ2v) is 5.97. The van der Waals surface area contributed by atoms with Crippen molar-refractivity contribution in [2.45, 2.75) is 54.8 Å². The number of aromatic nitrogens is 1. The minimum atomic E-state index is 0.641. The first-order chi connectivity index (χ1) is 8.40. The zero-order valence-corrected chi connectivity index (χ0v) is 11.4. The van der Waals surface area contributed by atoms with Crippen LogP contribution in [0.15, 0.2) is 29.4 Å². The zero-order valence-electron chi connectivity index (χ0n) is 10.6. The molecule has 2 unspecified atom stereocenters. The summed E-state index contributed by atoms with van der Waals surface area (Å²) in [7, 11) is 2.10. The lowest BCUT2D eigenvalue weighted by atomic mass is 9.96. The van der Waals surface area contributed by atoms with Crippen molar-refractivity contribution < 1.29 is 0 Å². The van der Waals surface area contributed by atoms with Crippen molar-refractivity contribution in [1.82, 2.24) is 10.3 Å². The van der Waals surface area contributed by atoms with Crippen molar-refractivity contribution in [2.24, 2.45) is 0 Å². The highest BCUT2D eigenvalue weighted by Gasteiger charge is 2.22. The summed E-state index contributed by atoms with van der Waals surface area (Å²) in [6.07, 6.45) is 10.0. The van der Waals surface area contributed by atoms with E-state index in [0.717, 1.165) is 0 Å². The van der Waals surface area contributed by atoms with E-state index < -0.39 is 0 Å². The fraction of sp³-hybridized carbons (Fsp3) is 0.643. The molecule has 0 saturated heterocycles. The van der Waals surface area contributed by atoms with Crippen molar-refractivity contribution in [3.8, 4) is 0 Å². The Bertz CT molecular complexity index is 315. The first-order valence-corrected chi connectivity index (χ1v) is 7.53. The average Bonchev–Trinajstić information content (AvgIpc) is 2.34. The number of hydrogen-bond acceptors (Lipinski definition) is 3. The summed E-state index contributed by atoms with van der Waals surface area (Å²) in [6.45, 7) is 0. The van der Waals surface area contributed by atoms with Crippen molar-refractivity contribution in [1.29, 1.82) is 0 Å². The minimum absolute atomic E-state index is 0.641. The van der Waals surface area contributed by atoms with Gasteiger partial charge >= 0.3 is 0 Å². The number of pyridine rings is 1. The van der Waals surface area contributed by atoms with Crippen LogP contribution < -0.4 is 5.32 Å². The molecule has 1 heterocycles. The molecule has 0 aromatic carbocycles. The number of nitrogens with one attached hydrogen (secondary N) is 1. The molecule has 0 spiro atoms. The van der Waals surface area contributed by atoms with Gasteiger partial charge in [0.25, 0.3) is 0 Å². The zero-order chi connectivity index (χ0) is 11.9. The molecule has 1 aromatic heterocycles. The Hall–Kier alpha value is -0.540. The topological polar surface area (TPSA) is 24.9 Å². The molecule has 1 aliphatic rings. The first kappa shape index (κ1) is 12.9. The molecular formula is C14H22N2S. The van der Waals surface area contributed by atoms with Crippen LogP contribution in [0.4, 0.5) is 0 Å². The molecule has 0 bridgehead atoms. The number of hydrogen-bond donors (Lipinski definition) is 1. The van der Waals surface area contributed by atoms with Gasteiger partial charge in [-0.1, -0.05) is 31.7 Å². The van der Waals surface area contributed by atoms with E-state index in [4.69, 9.17) is 0 Å². The molecule has 0 aliphatic heterocycles. The first-order valence-electron chi connectivity index (χ1n) is 6.65. The Balaban J connectivity index is 1.99. The second-order valence-electron chi connectivity index (χ2n) is 4.71. The third kappa shape index (κ3) is 4.00. The van der Waals surface area contributed by atoms with Crippen LogP contribution in [0.5, 0.6) is 0 Å². The van der Waals surface area contributed by atoms with E-state index in [2.05, 4.69) is 29.5 Å². The van der Waals surface area contributed by atoms with E-state index in [9.17, 15) is 0 Å². The van der Waals surface area contributed by atoms with Crippen LogP contribution in [0, 0.1) is 0 Å². The summed E-state index contributed by atoms with van der Waals surface area (Å²) in [5.74, 6) is 0. The summed E-state index contributed by atoms with van der Waals surface area (Å²) in [6, 6.07) is 6.82. The molecule has 1 aliphatic carbocycles. The molecule has 2 atom stereocenters. The van der Waals surface area contributed by atoms with Gasteiger partial charge in [-0.25, -0.2) is 4.98 Å². The fourth-order valence-corrected chi connectivity index (χ4v) is 3.80. The van der Waals surface area contributed by atoms with E-state index in [1.165, 1.54) is 43.6 Å². The Kier molecular flexibility index (Phi) is 5.33. The van der Waals surface area contributed by atoms with Gasteiger partial charge in [0.2, 0.25) is 0 Å². The van der Waals surface area contributed by atoms with E-state index in [0.29, 0.717) is 11.3 Å². The minimum Gasteiger partial charge on any atom is -0.316 e. The molecule has 1 saturated carbocycles. The highest BCUT2D eigenvalue weighted by atomic mass is 32.2. The predicted octanol–water partition coefficient (Wildman–Crippen LogP) is 3.48. The van der Waals surface area contributed by atoms with Crippen LogP contribution in [-0.2, 0) is 0 Å². The maximum Gasteiger partial charge on any atom is 0.0963 e. The normalized spacial score (nSPS) is 26.2. The van der Waals surface area contributed by atoms with Gasteiger partial charge in [0.1, 0.15) is 0 Å². The smallest absolute Gasteiger partial charge is 0.0963 e. The summed E-state index contributed by atoms with van der Waals surface area (Å²) in [4.78, 5) is 4.43. The third-order valence-corrected chi connectivity index (χ3v) is 4.83. The van der Waals surface area contributed by atoms with Crippen molar-refractivity contribution in [3.63, 3.8) is 0 Å². The molecule has 3 heteroatoms. The van der Waals surface area contributed by atoms with Gasteiger partial charge in [-0.15, -0.1) is 11.8 Å². The van der Waals surface area contributed by atoms with Gasteiger partial charge in [0.15, 0.2) is 0 Å². The summed E-state index contributed by atoms with van der Waals surface area (Å²) >= 11 is 1.95. The van der Waals surface area contributed by atoms with E-state index in [1.807, 2.05) is 24.0 Å². The lowest BCUT2D eigenvalue weighted by Gasteiger charge is -2.28. The van der Waals surface area contributed by atoms with E-state index >= 15 is 0 Å². The predicted molar refractivity (Wildman–Crippen MR) is 74.4 cm³/mol. The van der Waals surface area contributed by atoms with Crippen molar-refractivity contribution >= 4 is 11.8 Å². The lowest BCUT2D eigenvalue weighted by molar-refractivity contribution is 0.420. The van der Waals surface area contributed by atoms with Crippen LogP contribution in [0.3, 0.4) is 0 Å². The Morgan fingerprint density at radius 1 is 1.18 bits per heavy atom. The molecule has 0 radical (unpaired) electrons. The van der Waals surface area contributed by atoms with Crippen LogP contribution in [-0.4, -0.2) is 23.3 Å².